The van der Waals surface area contributed by atoms with E-state index in [0.717, 1.165) is 36.3 Å². The Morgan fingerprint density at radius 1 is 1.08 bits per heavy atom. The number of para-hydroxylation sites is 2. The normalized spacial score (nSPS) is 12.2. The second-order valence-electron chi connectivity index (χ2n) is 6.48. The molecule has 3 heteroatoms. The van der Waals surface area contributed by atoms with E-state index >= 15 is 0 Å². The Kier molecular flexibility index (Phi) is 5.80. The van der Waals surface area contributed by atoms with Crippen LogP contribution < -0.4 is 0 Å². The zero-order valence-corrected chi connectivity index (χ0v) is 15.4. The molecule has 3 nitrogen and oxygen atoms in total. The summed E-state index contributed by atoms with van der Waals surface area (Å²) in [6.07, 6.45) is 7.70. The molecule has 1 heterocycles. The van der Waals surface area contributed by atoms with Gasteiger partial charge in [-0.3, -0.25) is 4.79 Å². The van der Waals surface area contributed by atoms with Gasteiger partial charge in [0.05, 0.1) is 11.0 Å². The first-order valence-corrected chi connectivity index (χ1v) is 8.98. The Morgan fingerprint density at radius 3 is 2.62 bits per heavy atom. The lowest BCUT2D eigenvalue weighted by Crippen LogP contribution is -1.98. The van der Waals surface area contributed by atoms with Gasteiger partial charge in [-0.15, -0.1) is 0 Å². The molecule has 3 aromatic rings. The van der Waals surface area contributed by atoms with Crippen LogP contribution in [0.15, 0.2) is 78.4 Å². The van der Waals surface area contributed by atoms with Gasteiger partial charge in [0, 0.05) is 12.1 Å². The number of aryl methyl sites for hydroxylation is 1. The molecule has 0 spiro atoms. The zero-order chi connectivity index (χ0) is 18.4. The molecule has 0 radical (unpaired) electrons. The topological polar surface area (TPSA) is 34.9 Å². The molecule has 0 fully saturated rings. The Labute approximate surface area is 154 Å². The van der Waals surface area contributed by atoms with E-state index in [1.807, 2.05) is 61.5 Å². The quantitative estimate of drug-likeness (QED) is 0.322. The fourth-order valence-corrected chi connectivity index (χ4v) is 2.98. The van der Waals surface area contributed by atoms with Gasteiger partial charge in [-0.1, -0.05) is 60.2 Å². The maximum absolute atomic E-state index is 12.0. The van der Waals surface area contributed by atoms with E-state index in [1.165, 1.54) is 11.1 Å². The monoisotopic (exact) mass is 344 g/mol. The first kappa shape index (κ1) is 17.9. The van der Waals surface area contributed by atoms with Crippen LogP contribution >= 0.6 is 0 Å². The number of carbonyl (C=O) groups excluding carboxylic acids is 1. The number of rotatable bonds is 7. The molecular formula is C23H24N2O. The summed E-state index contributed by atoms with van der Waals surface area (Å²) in [5, 5.41) is 0. The molecule has 0 unspecified atom stereocenters. The van der Waals surface area contributed by atoms with Crippen molar-refractivity contribution < 1.29 is 4.79 Å². The minimum atomic E-state index is 0.0627. The number of nitrogens with zero attached hydrogens (tertiary/aromatic N) is 2. The van der Waals surface area contributed by atoms with Gasteiger partial charge in [-0.05, 0) is 44.9 Å². The Bertz CT molecular complexity index is 949. The number of fused-ring (bicyclic) bond motifs is 1. The predicted molar refractivity (Wildman–Crippen MR) is 107 cm³/mol. The second kappa shape index (κ2) is 8.43. The predicted octanol–water partition coefficient (Wildman–Crippen LogP) is 5.51. The summed E-state index contributed by atoms with van der Waals surface area (Å²) < 4.78 is 2.23. The van der Waals surface area contributed by atoms with Crippen LogP contribution in [0.2, 0.25) is 0 Å². The van der Waals surface area contributed by atoms with E-state index in [2.05, 4.69) is 28.6 Å². The highest BCUT2D eigenvalue weighted by Crippen LogP contribution is 2.16. The minimum Gasteiger partial charge on any atom is -0.324 e. The van der Waals surface area contributed by atoms with Crippen molar-refractivity contribution in [2.24, 2.45) is 0 Å². The molecule has 26 heavy (non-hydrogen) atoms. The van der Waals surface area contributed by atoms with E-state index in [-0.39, 0.29) is 5.78 Å². The van der Waals surface area contributed by atoms with E-state index in [9.17, 15) is 4.79 Å². The second-order valence-corrected chi connectivity index (χ2v) is 6.48. The van der Waals surface area contributed by atoms with E-state index in [1.54, 1.807) is 6.08 Å². The minimum absolute atomic E-state index is 0.0627. The van der Waals surface area contributed by atoms with Crippen molar-refractivity contribution in [1.29, 1.82) is 0 Å². The van der Waals surface area contributed by atoms with Crippen molar-refractivity contribution in [3.05, 3.63) is 89.8 Å². The van der Waals surface area contributed by atoms with Crippen LogP contribution in [0.25, 0.3) is 11.0 Å². The highest BCUT2D eigenvalue weighted by Gasteiger charge is 2.05. The number of allylic oxidation sites excluding steroid dienone is 4. The summed E-state index contributed by atoms with van der Waals surface area (Å²) in [6.45, 7) is 5.01. The van der Waals surface area contributed by atoms with Crippen molar-refractivity contribution in [2.75, 3.05) is 0 Å². The molecule has 0 aliphatic carbocycles. The van der Waals surface area contributed by atoms with Crippen molar-refractivity contribution in [1.82, 2.24) is 9.55 Å². The van der Waals surface area contributed by atoms with Gasteiger partial charge in [0.2, 0.25) is 0 Å². The average molecular weight is 344 g/mol. The number of aromatic nitrogens is 2. The summed E-state index contributed by atoms with van der Waals surface area (Å²) in [7, 11) is 0. The van der Waals surface area contributed by atoms with Crippen molar-refractivity contribution in [2.45, 2.75) is 33.2 Å². The molecule has 0 saturated heterocycles. The van der Waals surface area contributed by atoms with Crippen LogP contribution in [0.5, 0.6) is 0 Å². The molecule has 0 N–H and O–H groups in total. The van der Waals surface area contributed by atoms with Crippen LogP contribution in [0.3, 0.4) is 0 Å². The maximum Gasteiger partial charge on any atom is 0.185 e. The fourth-order valence-electron chi connectivity index (χ4n) is 2.98. The standard InChI is InChI=1S/C23H24N2O/c1-18(10-6-9-15-23(26)20-11-4-3-5-12-20)16-17-25-19(2)24-21-13-7-8-14-22(21)25/h3-5,7-9,11-16H,6,10,17H2,1-2H3. The van der Waals surface area contributed by atoms with Gasteiger partial charge in [0.25, 0.3) is 0 Å². The lowest BCUT2D eigenvalue weighted by molar-refractivity contribution is 0.104. The highest BCUT2D eigenvalue weighted by atomic mass is 16.1. The van der Waals surface area contributed by atoms with Crippen LogP contribution in [0, 0.1) is 6.92 Å². The molecular weight excluding hydrogens is 320 g/mol. The molecule has 0 aliphatic rings. The van der Waals surface area contributed by atoms with Crippen LogP contribution in [-0.2, 0) is 6.54 Å². The fraction of sp³-hybridized carbons (Fsp3) is 0.217. The van der Waals surface area contributed by atoms with Gasteiger partial charge < -0.3 is 4.57 Å². The Balaban J connectivity index is 1.55. The molecule has 0 amide bonds. The molecule has 0 aliphatic heterocycles. The van der Waals surface area contributed by atoms with Gasteiger partial charge in [0.15, 0.2) is 5.78 Å². The maximum atomic E-state index is 12.0. The molecule has 3 rings (SSSR count). The lowest BCUT2D eigenvalue weighted by Gasteiger charge is -2.05. The first-order chi connectivity index (χ1) is 12.6. The average Bonchev–Trinajstić information content (AvgIpc) is 2.99. The van der Waals surface area contributed by atoms with Crippen molar-refractivity contribution in [3.8, 4) is 0 Å². The summed E-state index contributed by atoms with van der Waals surface area (Å²) in [5.41, 5.74) is 4.26. The third kappa shape index (κ3) is 4.37. The van der Waals surface area contributed by atoms with Gasteiger partial charge in [-0.25, -0.2) is 4.98 Å². The molecule has 0 atom stereocenters. The van der Waals surface area contributed by atoms with Crippen LogP contribution in [-0.4, -0.2) is 15.3 Å². The lowest BCUT2D eigenvalue weighted by atomic mass is 10.1. The molecule has 2 aromatic carbocycles. The highest BCUT2D eigenvalue weighted by molar-refractivity contribution is 6.04. The molecule has 132 valence electrons. The first-order valence-electron chi connectivity index (χ1n) is 8.98. The third-order valence-electron chi connectivity index (χ3n) is 4.50. The zero-order valence-electron chi connectivity index (χ0n) is 15.4. The van der Waals surface area contributed by atoms with Crippen molar-refractivity contribution >= 4 is 16.8 Å². The molecule has 0 bridgehead atoms. The van der Waals surface area contributed by atoms with Crippen molar-refractivity contribution in [3.63, 3.8) is 0 Å². The number of ketones is 1. The van der Waals surface area contributed by atoms with E-state index in [0.29, 0.717) is 0 Å². The third-order valence-corrected chi connectivity index (χ3v) is 4.50. The Morgan fingerprint density at radius 2 is 1.81 bits per heavy atom. The van der Waals surface area contributed by atoms with E-state index < -0.39 is 0 Å². The van der Waals surface area contributed by atoms with Crippen LogP contribution in [0.4, 0.5) is 0 Å². The van der Waals surface area contributed by atoms with Gasteiger partial charge in [-0.2, -0.15) is 0 Å². The summed E-state index contributed by atoms with van der Waals surface area (Å²) in [6, 6.07) is 17.6. The van der Waals surface area contributed by atoms with E-state index in [4.69, 9.17) is 0 Å². The number of hydrogen-bond acceptors (Lipinski definition) is 2. The van der Waals surface area contributed by atoms with Gasteiger partial charge >= 0.3 is 0 Å². The SMILES string of the molecule is CC(=CCn1c(C)nc2ccccc21)CCC=CC(=O)c1ccccc1. The smallest absolute Gasteiger partial charge is 0.185 e. The number of benzene rings is 2. The summed E-state index contributed by atoms with van der Waals surface area (Å²) in [4.78, 5) is 16.6. The molecule has 0 saturated carbocycles. The number of carbonyl (C=O) groups is 1. The largest absolute Gasteiger partial charge is 0.324 e. The van der Waals surface area contributed by atoms with Crippen LogP contribution in [0.1, 0.15) is 35.9 Å². The van der Waals surface area contributed by atoms with Gasteiger partial charge in [0.1, 0.15) is 5.82 Å². The molecule has 1 aromatic heterocycles. The number of hydrogen-bond donors (Lipinski definition) is 0. The Hall–Kier alpha value is -2.94. The summed E-state index contributed by atoms with van der Waals surface area (Å²) in [5.74, 6) is 1.09. The number of imidazole rings is 1. The summed E-state index contributed by atoms with van der Waals surface area (Å²) >= 11 is 0.